The second kappa shape index (κ2) is 5.19. The highest BCUT2D eigenvalue weighted by Gasteiger charge is 2.29. The average Bonchev–Trinajstić information content (AvgIpc) is 3.19. The van der Waals surface area contributed by atoms with E-state index in [-0.39, 0.29) is 6.61 Å². The molecule has 2 aromatic heterocycles. The van der Waals surface area contributed by atoms with E-state index in [1.165, 1.54) is 0 Å². The SMILES string of the molecule is Cc1ccc2[nH]nc(C(=O)OCc3nnc(C4CC4)n3C)c2c1. The number of benzene rings is 1. The van der Waals surface area contributed by atoms with Gasteiger partial charge in [0.05, 0.1) is 5.52 Å². The lowest BCUT2D eigenvalue weighted by Crippen LogP contribution is -2.10. The van der Waals surface area contributed by atoms with Crippen molar-refractivity contribution in [1.29, 1.82) is 0 Å². The molecule has 1 aliphatic rings. The zero-order valence-electron chi connectivity index (χ0n) is 13.0. The van der Waals surface area contributed by atoms with Crippen molar-refractivity contribution in [2.45, 2.75) is 32.3 Å². The Bertz CT molecular complexity index is 891. The van der Waals surface area contributed by atoms with E-state index in [0.29, 0.717) is 17.4 Å². The molecule has 3 aromatic rings. The normalized spacial score (nSPS) is 14.3. The van der Waals surface area contributed by atoms with Crippen LogP contribution in [0.3, 0.4) is 0 Å². The molecule has 1 aromatic carbocycles. The Balaban J connectivity index is 1.52. The van der Waals surface area contributed by atoms with Gasteiger partial charge in [0.25, 0.3) is 0 Å². The van der Waals surface area contributed by atoms with Crippen molar-refractivity contribution in [2.75, 3.05) is 0 Å². The van der Waals surface area contributed by atoms with Gasteiger partial charge in [-0.05, 0) is 31.9 Å². The number of hydrogen-bond acceptors (Lipinski definition) is 5. The topological polar surface area (TPSA) is 85.7 Å². The molecule has 4 rings (SSSR count). The van der Waals surface area contributed by atoms with Crippen LogP contribution in [0.5, 0.6) is 0 Å². The molecule has 1 aliphatic carbocycles. The number of nitrogens with one attached hydrogen (secondary N) is 1. The van der Waals surface area contributed by atoms with Crippen LogP contribution in [0.4, 0.5) is 0 Å². The standard InChI is InChI=1S/C16H17N5O2/c1-9-3-6-12-11(7-9)14(19-17-12)16(22)23-8-13-18-20-15(21(13)2)10-4-5-10/h3,6-7,10H,4-5,8H2,1-2H3,(H,17,19). The third-order valence-electron chi connectivity index (χ3n) is 4.19. The summed E-state index contributed by atoms with van der Waals surface area (Å²) in [6.07, 6.45) is 2.31. The molecule has 0 unspecified atom stereocenters. The first-order valence-electron chi connectivity index (χ1n) is 7.63. The maximum Gasteiger partial charge on any atom is 0.359 e. The molecule has 7 heteroatoms. The Morgan fingerprint density at radius 2 is 2.22 bits per heavy atom. The van der Waals surface area contributed by atoms with Gasteiger partial charge in [0.1, 0.15) is 5.82 Å². The lowest BCUT2D eigenvalue weighted by atomic mass is 10.1. The summed E-state index contributed by atoms with van der Waals surface area (Å²) in [5.41, 5.74) is 2.18. The zero-order chi connectivity index (χ0) is 16.0. The number of hydrogen-bond donors (Lipinski definition) is 1. The fourth-order valence-electron chi connectivity index (χ4n) is 2.68. The third kappa shape index (κ3) is 2.48. The van der Waals surface area contributed by atoms with E-state index in [1.807, 2.05) is 36.7 Å². The number of rotatable bonds is 4. The van der Waals surface area contributed by atoms with E-state index in [4.69, 9.17) is 4.74 Å². The number of fused-ring (bicyclic) bond motifs is 1. The maximum absolute atomic E-state index is 12.3. The van der Waals surface area contributed by atoms with E-state index >= 15 is 0 Å². The highest BCUT2D eigenvalue weighted by atomic mass is 16.5. The number of aromatic amines is 1. The summed E-state index contributed by atoms with van der Waals surface area (Å²) in [6, 6.07) is 5.79. The van der Waals surface area contributed by atoms with Crippen molar-refractivity contribution in [3.05, 3.63) is 41.1 Å². The van der Waals surface area contributed by atoms with Gasteiger partial charge in [-0.2, -0.15) is 5.10 Å². The molecule has 0 aliphatic heterocycles. The smallest absolute Gasteiger partial charge is 0.359 e. The van der Waals surface area contributed by atoms with Crippen LogP contribution >= 0.6 is 0 Å². The first-order chi connectivity index (χ1) is 11.1. The molecule has 23 heavy (non-hydrogen) atoms. The van der Waals surface area contributed by atoms with Crippen LogP contribution in [-0.2, 0) is 18.4 Å². The number of ether oxygens (including phenoxy) is 1. The number of carbonyl (C=O) groups is 1. The molecule has 0 atom stereocenters. The number of nitrogens with zero attached hydrogens (tertiary/aromatic N) is 4. The number of H-pyrrole nitrogens is 1. The highest BCUT2D eigenvalue weighted by molar-refractivity contribution is 6.02. The van der Waals surface area contributed by atoms with E-state index in [1.54, 1.807) is 0 Å². The number of aromatic nitrogens is 5. The Kier molecular flexibility index (Phi) is 3.14. The summed E-state index contributed by atoms with van der Waals surface area (Å²) in [4.78, 5) is 12.3. The molecule has 0 spiro atoms. The van der Waals surface area contributed by atoms with Crippen molar-refractivity contribution < 1.29 is 9.53 Å². The summed E-state index contributed by atoms with van der Waals surface area (Å²) >= 11 is 0. The second-order valence-corrected chi connectivity index (χ2v) is 6.01. The molecule has 0 saturated heterocycles. The van der Waals surface area contributed by atoms with Crippen molar-refractivity contribution in [1.82, 2.24) is 25.0 Å². The van der Waals surface area contributed by atoms with Gasteiger partial charge < -0.3 is 9.30 Å². The van der Waals surface area contributed by atoms with E-state index < -0.39 is 5.97 Å². The third-order valence-corrected chi connectivity index (χ3v) is 4.19. The van der Waals surface area contributed by atoms with Crippen LogP contribution in [0.1, 0.15) is 46.5 Å². The van der Waals surface area contributed by atoms with Crippen molar-refractivity contribution >= 4 is 16.9 Å². The molecule has 118 valence electrons. The molecule has 0 radical (unpaired) electrons. The first-order valence-corrected chi connectivity index (χ1v) is 7.63. The molecule has 1 fully saturated rings. The Morgan fingerprint density at radius 3 is 3.00 bits per heavy atom. The Labute approximate surface area is 132 Å². The second-order valence-electron chi connectivity index (χ2n) is 6.01. The molecule has 0 amide bonds. The fourth-order valence-corrected chi connectivity index (χ4v) is 2.68. The number of carbonyl (C=O) groups excluding carboxylic acids is 1. The van der Waals surface area contributed by atoms with Crippen LogP contribution in [0.2, 0.25) is 0 Å². The summed E-state index contributed by atoms with van der Waals surface area (Å²) in [5.74, 6) is 1.67. The van der Waals surface area contributed by atoms with E-state index in [2.05, 4.69) is 20.4 Å². The van der Waals surface area contributed by atoms with Gasteiger partial charge in [-0.1, -0.05) is 11.6 Å². The maximum atomic E-state index is 12.3. The Morgan fingerprint density at radius 1 is 1.39 bits per heavy atom. The fraction of sp³-hybridized carbons (Fsp3) is 0.375. The van der Waals surface area contributed by atoms with Crippen LogP contribution < -0.4 is 0 Å². The molecule has 1 N–H and O–H groups in total. The predicted molar refractivity (Wildman–Crippen MR) is 82.9 cm³/mol. The van der Waals surface area contributed by atoms with Gasteiger partial charge in [0.2, 0.25) is 0 Å². The lowest BCUT2D eigenvalue weighted by Gasteiger charge is -2.04. The number of aryl methyl sites for hydroxylation is 1. The van der Waals surface area contributed by atoms with Crippen LogP contribution in [0.15, 0.2) is 18.2 Å². The largest absolute Gasteiger partial charge is 0.453 e. The first kappa shape index (κ1) is 13.9. The van der Waals surface area contributed by atoms with Gasteiger partial charge in [0.15, 0.2) is 18.1 Å². The van der Waals surface area contributed by atoms with Gasteiger partial charge in [-0.15, -0.1) is 10.2 Å². The summed E-state index contributed by atoms with van der Waals surface area (Å²) in [5, 5.41) is 16.0. The van der Waals surface area contributed by atoms with Crippen LogP contribution in [-0.4, -0.2) is 30.9 Å². The summed E-state index contributed by atoms with van der Waals surface area (Å²) in [6.45, 7) is 2.07. The Hall–Kier alpha value is -2.70. The summed E-state index contributed by atoms with van der Waals surface area (Å²) in [7, 11) is 1.91. The van der Waals surface area contributed by atoms with Crippen molar-refractivity contribution in [2.24, 2.45) is 7.05 Å². The van der Waals surface area contributed by atoms with Crippen molar-refractivity contribution in [3.8, 4) is 0 Å². The van der Waals surface area contributed by atoms with Crippen LogP contribution in [0.25, 0.3) is 10.9 Å². The average molecular weight is 311 g/mol. The molecule has 1 saturated carbocycles. The summed E-state index contributed by atoms with van der Waals surface area (Å²) < 4.78 is 7.28. The predicted octanol–water partition coefficient (Wildman–Crippen LogP) is 2.23. The quantitative estimate of drug-likeness (QED) is 0.747. The molecule has 0 bridgehead atoms. The molecule has 2 heterocycles. The minimum absolute atomic E-state index is 0.0925. The lowest BCUT2D eigenvalue weighted by molar-refractivity contribution is 0.0454. The molecular weight excluding hydrogens is 294 g/mol. The number of esters is 1. The van der Waals surface area contributed by atoms with E-state index in [0.717, 1.165) is 35.1 Å². The van der Waals surface area contributed by atoms with Gasteiger partial charge in [-0.3, -0.25) is 5.10 Å². The van der Waals surface area contributed by atoms with Crippen molar-refractivity contribution in [3.63, 3.8) is 0 Å². The van der Waals surface area contributed by atoms with Crippen LogP contribution in [0, 0.1) is 6.92 Å². The minimum atomic E-state index is -0.460. The minimum Gasteiger partial charge on any atom is -0.453 e. The van der Waals surface area contributed by atoms with Gasteiger partial charge in [-0.25, -0.2) is 4.79 Å². The van der Waals surface area contributed by atoms with Gasteiger partial charge in [0, 0.05) is 18.4 Å². The monoisotopic (exact) mass is 311 g/mol. The zero-order valence-corrected chi connectivity index (χ0v) is 13.0. The highest BCUT2D eigenvalue weighted by Crippen LogP contribution is 2.38. The van der Waals surface area contributed by atoms with E-state index in [9.17, 15) is 4.79 Å². The molecule has 7 nitrogen and oxygen atoms in total. The molecular formula is C16H17N5O2. The van der Waals surface area contributed by atoms with Gasteiger partial charge >= 0.3 is 5.97 Å².